The largest absolute Gasteiger partial charge is 0.358 e. The van der Waals surface area contributed by atoms with E-state index in [1.165, 1.54) is 7.05 Å². The summed E-state index contributed by atoms with van der Waals surface area (Å²) in [4.78, 5) is 25.7. The third-order valence-electron chi connectivity index (χ3n) is 4.87. The van der Waals surface area contributed by atoms with Crippen molar-refractivity contribution in [3.05, 3.63) is 54.4 Å². The molecule has 1 aromatic heterocycles. The van der Waals surface area contributed by atoms with Gasteiger partial charge in [-0.1, -0.05) is 0 Å². The molecule has 0 saturated carbocycles. The van der Waals surface area contributed by atoms with Gasteiger partial charge >= 0.3 is 0 Å². The predicted molar refractivity (Wildman–Crippen MR) is 103 cm³/mol. The summed E-state index contributed by atoms with van der Waals surface area (Å²) in [6.45, 7) is 0.742. The lowest BCUT2D eigenvalue weighted by Crippen LogP contribution is -2.44. The molecular formula is C19H23N3O4S. The number of hydrogen-bond donors (Lipinski definition) is 1. The van der Waals surface area contributed by atoms with Crippen LogP contribution in [-0.2, 0) is 14.6 Å². The lowest BCUT2D eigenvalue weighted by Gasteiger charge is -2.31. The van der Waals surface area contributed by atoms with Gasteiger partial charge in [0.1, 0.15) is 5.75 Å². The number of aromatic nitrogens is 1. The van der Waals surface area contributed by atoms with Gasteiger partial charge in [-0.25, -0.2) is 8.42 Å². The second kappa shape index (κ2) is 7.96. The standard InChI is InChI=1S/C19H23N3O4S/c1-20-18(23)14-27(25,26)17-8-12-22(13-9-17)19(24)15-4-6-16(7-5-15)21-10-2-3-11-21/h2-7,10-11,17H,8-9,12-14H2,1H3,(H,20,23). The van der Waals surface area contributed by atoms with Crippen molar-refractivity contribution in [2.45, 2.75) is 18.1 Å². The SMILES string of the molecule is CNC(=O)CS(=O)(=O)C1CCN(C(=O)c2ccc(-n3cccc3)cc2)CC1. The minimum absolute atomic E-state index is 0.101. The van der Waals surface area contributed by atoms with E-state index in [4.69, 9.17) is 0 Å². The number of likely N-dealkylation sites (tertiary alicyclic amines) is 1. The second-order valence-electron chi connectivity index (χ2n) is 6.61. The van der Waals surface area contributed by atoms with Crippen LogP contribution in [0.5, 0.6) is 0 Å². The highest BCUT2D eigenvalue weighted by molar-refractivity contribution is 7.92. The number of amides is 2. The van der Waals surface area contributed by atoms with Gasteiger partial charge in [0.2, 0.25) is 5.91 Å². The molecule has 1 aliphatic heterocycles. The van der Waals surface area contributed by atoms with E-state index in [0.717, 1.165) is 5.69 Å². The van der Waals surface area contributed by atoms with Gasteiger partial charge in [0.25, 0.3) is 5.91 Å². The molecule has 1 fully saturated rings. The predicted octanol–water partition coefficient (Wildman–Crippen LogP) is 1.24. The average molecular weight is 389 g/mol. The van der Waals surface area contributed by atoms with Gasteiger partial charge in [0.15, 0.2) is 9.84 Å². The molecule has 1 aromatic carbocycles. The maximum absolute atomic E-state index is 12.7. The van der Waals surface area contributed by atoms with E-state index in [2.05, 4.69) is 5.32 Å². The van der Waals surface area contributed by atoms with Gasteiger partial charge < -0.3 is 14.8 Å². The quantitative estimate of drug-likeness (QED) is 0.833. The van der Waals surface area contributed by atoms with Crippen LogP contribution in [0.3, 0.4) is 0 Å². The average Bonchev–Trinajstić information content (AvgIpc) is 3.22. The van der Waals surface area contributed by atoms with E-state index in [-0.39, 0.29) is 5.91 Å². The molecule has 1 aliphatic rings. The van der Waals surface area contributed by atoms with Gasteiger partial charge in [0.05, 0.1) is 5.25 Å². The molecule has 1 saturated heterocycles. The van der Waals surface area contributed by atoms with Crippen LogP contribution < -0.4 is 5.32 Å². The second-order valence-corrected chi connectivity index (χ2v) is 8.89. The number of nitrogens with one attached hydrogen (secondary N) is 1. The minimum Gasteiger partial charge on any atom is -0.358 e. The number of benzene rings is 1. The molecule has 0 aliphatic carbocycles. The van der Waals surface area contributed by atoms with E-state index in [0.29, 0.717) is 31.5 Å². The van der Waals surface area contributed by atoms with Gasteiger partial charge in [-0.3, -0.25) is 9.59 Å². The molecule has 0 atom stereocenters. The smallest absolute Gasteiger partial charge is 0.253 e. The molecule has 2 heterocycles. The summed E-state index contributed by atoms with van der Waals surface area (Å²) >= 11 is 0. The van der Waals surface area contributed by atoms with Crippen molar-refractivity contribution < 1.29 is 18.0 Å². The first-order valence-electron chi connectivity index (χ1n) is 8.85. The Morgan fingerprint density at radius 1 is 1.07 bits per heavy atom. The van der Waals surface area contributed by atoms with Crippen LogP contribution >= 0.6 is 0 Å². The zero-order valence-electron chi connectivity index (χ0n) is 15.2. The molecule has 0 radical (unpaired) electrons. The topological polar surface area (TPSA) is 88.5 Å². The number of carbonyl (C=O) groups excluding carboxylic acids is 2. The number of hydrogen-bond acceptors (Lipinski definition) is 4. The van der Waals surface area contributed by atoms with Crippen LogP contribution in [0.4, 0.5) is 0 Å². The van der Waals surface area contributed by atoms with E-state index in [1.54, 1.807) is 17.0 Å². The molecule has 0 bridgehead atoms. The summed E-state index contributed by atoms with van der Waals surface area (Å²) in [5.74, 6) is -1.10. The van der Waals surface area contributed by atoms with Crippen molar-refractivity contribution in [1.29, 1.82) is 0 Å². The highest BCUT2D eigenvalue weighted by atomic mass is 32.2. The lowest BCUT2D eigenvalue weighted by atomic mass is 10.1. The van der Waals surface area contributed by atoms with Crippen molar-refractivity contribution in [1.82, 2.24) is 14.8 Å². The molecule has 2 amide bonds. The molecule has 3 rings (SSSR count). The summed E-state index contributed by atoms with van der Waals surface area (Å²) < 4.78 is 26.5. The summed E-state index contributed by atoms with van der Waals surface area (Å²) in [6, 6.07) is 11.2. The number of sulfone groups is 1. The monoisotopic (exact) mass is 389 g/mol. The fraction of sp³-hybridized carbons (Fsp3) is 0.368. The van der Waals surface area contributed by atoms with Gasteiger partial charge in [-0.2, -0.15) is 0 Å². The van der Waals surface area contributed by atoms with Crippen molar-refractivity contribution in [2.75, 3.05) is 25.9 Å². The van der Waals surface area contributed by atoms with Crippen LogP contribution in [0.1, 0.15) is 23.2 Å². The fourth-order valence-corrected chi connectivity index (χ4v) is 4.93. The Balaban J connectivity index is 1.61. The van der Waals surface area contributed by atoms with Crippen LogP contribution in [0.25, 0.3) is 5.69 Å². The Kier molecular flexibility index (Phi) is 5.65. The fourth-order valence-electron chi connectivity index (χ4n) is 3.26. The molecule has 1 N–H and O–H groups in total. The summed E-state index contributed by atoms with van der Waals surface area (Å²) in [5, 5.41) is 1.76. The zero-order valence-corrected chi connectivity index (χ0v) is 16.0. The Morgan fingerprint density at radius 3 is 2.22 bits per heavy atom. The highest BCUT2D eigenvalue weighted by Crippen LogP contribution is 2.21. The first kappa shape index (κ1) is 19.2. The van der Waals surface area contributed by atoms with Crippen LogP contribution in [0.15, 0.2) is 48.8 Å². The van der Waals surface area contributed by atoms with E-state index >= 15 is 0 Å². The maximum Gasteiger partial charge on any atom is 0.253 e. The van der Waals surface area contributed by atoms with Gasteiger partial charge in [0, 0.05) is 43.8 Å². The maximum atomic E-state index is 12.7. The summed E-state index contributed by atoms with van der Waals surface area (Å²) in [7, 11) is -2.07. The Bertz CT molecular complexity index is 897. The number of piperidine rings is 1. The molecule has 0 unspecified atom stereocenters. The van der Waals surface area contributed by atoms with Gasteiger partial charge in [-0.05, 0) is 49.2 Å². The van der Waals surface area contributed by atoms with Crippen LogP contribution in [0.2, 0.25) is 0 Å². The van der Waals surface area contributed by atoms with Crippen molar-refractivity contribution in [2.24, 2.45) is 0 Å². The van der Waals surface area contributed by atoms with Crippen LogP contribution in [0, 0.1) is 0 Å². The summed E-state index contributed by atoms with van der Waals surface area (Å²) in [6.07, 6.45) is 4.57. The van der Waals surface area contributed by atoms with Gasteiger partial charge in [-0.15, -0.1) is 0 Å². The van der Waals surface area contributed by atoms with E-state index < -0.39 is 26.7 Å². The first-order chi connectivity index (χ1) is 12.9. The number of carbonyl (C=O) groups is 2. The highest BCUT2D eigenvalue weighted by Gasteiger charge is 2.33. The third kappa shape index (κ3) is 4.39. The number of nitrogens with zero attached hydrogens (tertiary/aromatic N) is 2. The molecule has 2 aromatic rings. The molecular weight excluding hydrogens is 366 g/mol. The normalized spacial score (nSPS) is 15.5. The van der Waals surface area contributed by atoms with Crippen LogP contribution in [-0.4, -0.2) is 60.8 Å². The zero-order chi connectivity index (χ0) is 19.4. The van der Waals surface area contributed by atoms with E-state index in [9.17, 15) is 18.0 Å². The lowest BCUT2D eigenvalue weighted by molar-refractivity contribution is -0.118. The third-order valence-corrected chi connectivity index (χ3v) is 7.02. The Hall–Kier alpha value is -2.61. The molecule has 8 heteroatoms. The molecule has 27 heavy (non-hydrogen) atoms. The van der Waals surface area contributed by atoms with Crippen molar-refractivity contribution in [3.8, 4) is 5.69 Å². The molecule has 144 valence electrons. The van der Waals surface area contributed by atoms with Crippen molar-refractivity contribution in [3.63, 3.8) is 0 Å². The Labute approximate surface area is 158 Å². The summed E-state index contributed by atoms with van der Waals surface area (Å²) in [5.41, 5.74) is 1.55. The Morgan fingerprint density at radius 2 is 1.67 bits per heavy atom. The van der Waals surface area contributed by atoms with Crippen molar-refractivity contribution >= 4 is 21.7 Å². The minimum atomic E-state index is -3.49. The first-order valence-corrected chi connectivity index (χ1v) is 10.6. The number of rotatable bonds is 5. The molecule has 7 nitrogen and oxygen atoms in total. The van der Waals surface area contributed by atoms with E-state index in [1.807, 2.05) is 41.2 Å². The molecule has 0 spiro atoms.